The van der Waals surface area contributed by atoms with Gasteiger partial charge in [-0.3, -0.25) is 4.68 Å². The van der Waals surface area contributed by atoms with Gasteiger partial charge in [0.15, 0.2) is 0 Å². The molecule has 3 nitrogen and oxygen atoms in total. The van der Waals surface area contributed by atoms with Crippen LogP contribution in [0.1, 0.15) is 25.5 Å². The summed E-state index contributed by atoms with van der Waals surface area (Å²) in [6, 6.07) is 8.17. The molecule has 2 aromatic rings. The molecule has 1 heterocycles. The molecule has 17 heavy (non-hydrogen) atoms. The Kier molecular flexibility index (Phi) is 2.92. The highest BCUT2D eigenvalue weighted by Crippen LogP contribution is 2.26. The second-order valence-electron chi connectivity index (χ2n) is 4.06. The first kappa shape index (κ1) is 11.3. The lowest BCUT2D eigenvalue weighted by Crippen LogP contribution is -2.05. The summed E-state index contributed by atoms with van der Waals surface area (Å²) in [7, 11) is 0. The molecule has 0 saturated heterocycles. The van der Waals surface area contributed by atoms with Crippen LogP contribution >= 0.6 is 0 Å². The average molecular weight is 229 g/mol. The topological polar surface area (TPSA) is 41.6 Å². The molecule has 0 aliphatic heterocycles. The van der Waals surface area contributed by atoms with Crippen molar-refractivity contribution in [3.8, 4) is 17.3 Å². The van der Waals surface area contributed by atoms with E-state index in [0.717, 1.165) is 5.69 Å². The number of nitrogens with zero attached hydrogens (tertiary/aromatic N) is 3. The fourth-order valence-corrected chi connectivity index (χ4v) is 1.76. The molecule has 0 N–H and O–H groups in total. The van der Waals surface area contributed by atoms with E-state index in [1.807, 2.05) is 13.8 Å². The van der Waals surface area contributed by atoms with Crippen LogP contribution < -0.4 is 0 Å². The van der Waals surface area contributed by atoms with Crippen molar-refractivity contribution in [2.24, 2.45) is 0 Å². The maximum absolute atomic E-state index is 13.3. The summed E-state index contributed by atoms with van der Waals surface area (Å²) in [4.78, 5) is 0. The van der Waals surface area contributed by atoms with Crippen LogP contribution in [0.3, 0.4) is 0 Å². The van der Waals surface area contributed by atoms with E-state index in [2.05, 4.69) is 11.2 Å². The summed E-state index contributed by atoms with van der Waals surface area (Å²) in [5.41, 5.74) is 1.79. The van der Waals surface area contributed by atoms with E-state index in [1.165, 1.54) is 18.2 Å². The van der Waals surface area contributed by atoms with E-state index in [0.29, 0.717) is 11.1 Å². The molecule has 1 aromatic carbocycles. The molecule has 0 amide bonds. The molecule has 86 valence electrons. The second-order valence-corrected chi connectivity index (χ2v) is 4.06. The van der Waals surface area contributed by atoms with Crippen molar-refractivity contribution in [2.45, 2.75) is 19.9 Å². The van der Waals surface area contributed by atoms with Crippen LogP contribution in [0.5, 0.6) is 0 Å². The minimum absolute atomic E-state index is 0.162. The van der Waals surface area contributed by atoms with Gasteiger partial charge in [-0.1, -0.05) is 0 Å². The van der Waals surface area contributed by atoms with Crippen LogP contribution in [0.15, 0.2) is 30.5 Å². The Morgan fingerprint density at radius 2 is 2.12 bits per heavy atom. The Morgan fingerprint density at radius 1 is 1.35 bits per heavy atom. The Labute approximate surface area is 99.1 Å². The van der Waals surface area contributed by atoms with Gasteiger partial charge in [-0.15, -0.1) is 0 Å². The molecule has 0 bridgehead atoms. The van der Waals surface area contributed by atoms with Gasteiger partial charge >= 0.3 is 0 Å². The summed E-state index contributed by atoms with van der Waals surface area (Å²) in [5.74, 6) is -0.351. The van der Waals surface area contributed by atoms with Gasteiger partial charge in [0.1, 0.15) is 5.82 Å². The number of hydrogen-bond acceptors (Lipinski definition) is 2. The lowest BCUT2D eigenvalue weighted by molar-refractivity contribution is 0.538. The first-order chi connectivity index (χ1) is 8.13. The number of nitriles is 1. The van der Waals surface area contributed by atoms with Crippen LogP contribution in [0.25, 0.3) is 11.3 Å². The quantitative estimate of drug-likeness (QED) is 0.793. The van der Waals surface area contributed by atoms with E-state index >= 15 is 0 Å². The van der Waals surface area contributed by atoms with E-state index in [1.54, 1.807) is 16.9 Å². The largest absolute Gasteiger partial charge is 0.262 e. The summed E-state index contributed by atoms with van der Waals surface area (Å²) < 4.78 is 15.0. The molecule has 0 aliphatic rings. The van der Waals surface area contributed by atoms with E-state index in [4.69, 9.17) is 5.26 Å². The first-order valence-corrected chi connectivity index (χ1v) is 5.37. The highest BCUT2D eigenvalue weighted by molar-refractivity contribution is 5.67. The molecule has 0 saturated carbocycles. The van der Waals surface area contributed by atoms with Crippen LogP contribution in [-0.2, 0) is 0 Å². The van der Waals surface area contributed by atoms with Gasteiger partial charge < -0.3 is 0 Å². The van der Waals surface area contributed by atoms with Crippen LogP contribution in [0.2, 0.25) is 0 Å². The van der Waals surface area contributed by atoms with E-state index in [9.17, 15) is 4.39 Å². The Bertz CT molecular complexity index is 579. The molecule has 1 aromatic heterocycles. The smallest absolute Gasteiger partial charge is 0.123 e. The van der Waals surface area contributed by atoms with Crippen molar-refractivity contribution in [1.82, 2.24) is 9.78 Å². The maximum Gasteiger partial charge on any atom is 0.123 e. The highest BCUT2D eigenvalue weighted by Gasteiger charge is 2.12. The van der Waals surface area contributed by atoms with Gasteiger partial charge in [0.2, 0.25) is 0 Å². The predicted octanol–water partition coefficient (Wildman–Crippen LogP) is 3.14. The lowest BCUT2D eigenvalue weighted by Gasteiger charge is -2.12. The fraction of sp³-hybridized carbons (Fsp3) is 0.231. The summed E-state index contributed by atoms with van der Waals surface area (Å²) in [6.45, 7) is 3.98. The zero-order chi connectivity index (χ0) is 12.4. The number of benzene rings is 1. The minimum atomic E-state index is -0.351. The number of hydrogen-bond donors (Lipinski definition) is 0. The van der Waals surface area contributed by atoms with Crippen molar-refractivity contribution in [3.63, 3.8) is 0 Å². The molecule has 0 aliphatic carbocycles. The monoisotopic (exact) mass is 229 g/mol. The summed E-state index contributed by atoms with van der Waals surface area (Å²) in [6.07, 6.45) is 1.65. The van der Waals surface area contributed by atoms with Crippen LogP contribution in [-0.4, -0.2) is 9.78 Å². The van der Waals surface area contributed by atoms with Gasteiger partial charge in [-0.2, -0.15) is 10.4 Å². The summed E-state index contributed by atoms with van der Waals surface area (Å²) >= 11 is 0. The lowest BCUT2D eigenvalue weighted by atomic mass is 10.0. The Balaban J connectivity index is 2.64. The standard InChI is InChI=1S/C13H12FN3/c1-9(2)17-13(5-6-16-17)12-7-11(14)4-3-10(12)8-15/h3-7,9H,1-2H3. The predicted molar refractivity (Wildman–Crippen MR) is 62.7 cm³/mol. The maximum atomic E-state index is 13.3. The van der Waals surface area contributed by atoms with Gasteiger partial charge in [-0.25, -0.2) is 4.39 Å². The molecule has 2 rings (SSSR count). The van der Waals surface area contributed by atoms with Crippen molar-refractivity contribution in [1.29, 1.82) is 5.26 Å². The van der Waals surface area contributed by atoms with E-state index < -0.39 is 0 Å². The zero-order valence-corrected chi connectivity index (χ0v) is 9.68. The van der Waals surface area contributed by atoms with Crippen LogP contribution in [0, 0.1) is 17.1 Å². The molecule has 0 unspecified atom stereocenters. The van der Waals surface area contributed by atoms with Crippen molar-refractivity contribution >= 4 is 0 Å². The molecule has 0 spiro atoms. The third-order valence-corrected chi connectivity index (χ3v) is 2.54. The van der Waals surface area contributed by atoms with Crippen molar-refractivity contribution in [3.05, 3.63) is 41.8 Å². The second kappa shape index (κ2) is 4.38. The van der Waals surface area contributed by atoms with E-state index in [-0.39, 0.29) is 11.9 Å². The Hall–Kier alpha value is -2.15. The molecule has 4 heteroatoms. The SMILES string of the molecule is CC(C)n1nccc1-c1cc(F)ccc1C#N. The molecule has 0 atom stereocenters. The zero-order valence-electron chi connectivity index (χ0n) is 9.68. The third-order valence-electron chi connectivity index (χ3n) is 2.54. The molecular formula is C13H12FN3. The van der Waals surface area contributed by atoms with Crippen LogP contribution in [0.4, 0.5) is 4.39 Å². The normalized spacial score (nSPS) is 10.5. The third kappa shape index (κ3) is 2.04. The molecular weight excluding hydrogens is 217 g/mol. The summed E-state index contributed by atoms with van der Waals surface area (Å²) in [5, 5.41) is 13.2. The minimum Gasteiger partial charge on any atom is -0.262 e. The average Bonchev–Trinajstić information content (AvgIpc) is 2.77. The van der Waals surface area contributed by atoms with Crippen molar-refractivity contribution in [2.75, 3.05) is 0 Å². The molecule has 0 radical (unpaired) electrons. The number of halogens is 1. The molecule has 0 fully saturated rings. The van der Waals surface area contributed by atoms with Gasteiger partial charge in [0, 0.05) is 17.8 Å². The fourth-order valence-electron chi connectivity index (χ4n) is 1.76. The first-order valence-electron chi connectivity index (χ1n) is 5.37. The van der Waals surface area contributed by atoms with Gasteiger partial charge in [-0.05, 0) is 38.1 Å². The number of rotatable bonds is 2. The van der Waals surface area contributed by atoms with Crippen molar-refractivity contribution < 1.29 is 4.39 Å². The highest BCUT2D eigenvalue weighted by atomic mass is 19.1. The number of aromatic nitrogens is 2. The Morgan fingerprint density at radius 3 is 2.76 bits per heavy atom. The van der Waals surface area contributed by atoms with Gasteiger partial charge in [0.05, 0.1) is 17.3 Å². The van der Waals surface area contributed by atoms with Gasteiger partial charge in [0.25, 0.3) is 0 Å².